The van der Waals surface area contributed by atoms with Crippen LogP contribution in [0.25, 0.3) is 0 Å². The Morgan fingerprint density at radius 1 is 1.37 bits per heavy atom. The van der Waals surface area contributed by atoms with Crippen molar-refractivity contribution in [1.82, 2.24) is 0 Å². The molecule has 19 heavy (non-hydrogen) atoms. The van der Waals surface area contributed by atoms with Crippen LogP contribution in [0.1, 0.15) is 18.9 Å². The summed E-state index contributed by atoms with van der Waals surface area (Å²) in [6.07, 6.45) is -3.92. The second kappa shape index (κ2) is 6.45. The van der Waals surface area contributed by atoms with Gasteiger partial charge in [-0.1, -0.05) is 13.0 Å². The average Bonchev–Trinajstić information content (AvgIpc) is 2.38. The summed E-state index contributed by atoms with van der Waals surface area (Å²) in [5.41, 5.74) is -0.781. The minimum Gasteiger partial charge on any atom is -0.493 e. The zero-order valence-electron chi connectivity index (χ0n) is 10.7. The zero-order valence-corrected chi connectivity index (χ0v) is 10.7. The Labute approximate surface area is 109 Å². The number of hydrogen-bond donors (Lipinski definition) is 0. The van der Waals surface area contributed by atoms with E-state index < -0.39 is 23.6 Å². The third-order valence-electron chi connectivity index (χ3n) is 2.64. The van der Waals surface area contributed by atoms with Crippen LogP contribution in [0.4, 0.5) is 13.2 Å². The number of carbonyl (C=O) groups is 1. The van der Waals surface area contributed by atoms with Crippen molar-refractivity contribution in [3.63, 3.8) is 0 Å². The molecule has 0 aromatic heterocycles. The van der Waals surface area contributed by atoms with Gasteiger partial charge in [-0.15, -0.1) is 0 Å². The lowest BCUT2D eigenvalue weighted by atomic mass is 10.1. The van der Waals surface area contributed by atoms with E-state index in [0.717, 1.165) is 12.1 Å². The van der Waals surface area contributed by atoms with Gasteiger partial charge in [-0.2, -0.15) is 13.2 Å². The van der Waals surface area contributed by atoms with Crippen LogP contribution < -0.4 is 4.74 Å². The molecule has 1 aromatic carbocycles. The van der Waals surface area contributed by atoms with E-state index in [1.165, 1.54) is 19.2 Å². The molecule has 0 heterocycles. The Morgan fingerprint density at radius 3 is 2.58 bits per heavy atom. The minimum atomic E-state index is -4.41. The molecule has 0 bridgehead atoms. The van der Waals surface area contributed by atoms with E-state index in [1.54, 1.807) is 6.92 Å². The first-order valence-electron chi connectivity index (χ1n) is 5.76. The summed E-state index contributed by atoms with van der Waals surface area (Å²) in [7, 11) is 1.26. The standard InChI is InChI=1S/C13H15F3O3/c1-3-9(12(17)18-2)8-19-11-6-4-5-10(7-11)13(14,15)16/h4-7,9H,3,8H2,1-2H3. The monoisotopic (exact) mass is 276 g/mol. The molecular weight excluding hydrogens is 261 g/mol. The minimum absolute atomic E-state index is 0.00944. The van der Waals surface area contributed by atoms with E-state index in [9.17, 15) is 18.0 Å². The van der Waals surface area contributed by atoms with Crippen molar-refractivity contribution in [1.29, 1.82) is 0 Å². The highest BCUT2D eigenvalue weighted by Crippen LogP contribution is 2.31. The highest BCUT2D eigenvalue weighted by Gasteiger charge is 2.30. The van der Waals surface area contributed by atoms with Crippen LogP contribution >= 0.6 is 0 Å². The highest BCUT2D eigenvalue weighted by atomic mass is 19.4. The summed E-state index contributed by atoms with van der Waals surface area (Å²) in [6, 6.07) is 4.55. The van der Waals surface area contributed by atoms with Crippen molar-refractivity contribution in [2.24, 2.45) is 5.92 Å². The molecule has 0 N–H and O–H groups in total. The first-order chi connectivity index (χ1) is 8.88. The summed E-state index contributed by atoms with van der Waals surface area (Å²) < 4.78 is 47.2. The molecule has 3 nitrogen and oxygen atoms in total. The van der Waals surface area contributed by atoms with Gasteiger partial charge >= 0.3 is 12.1 Å². The first kappa shape index (κ1) is 15.3. The van der Waals surface area contributed by atoms with Crippen molar-refractivity contribution < 1.29 is 27.4 Å². The van der Waals surface area contributed by atoms with Gasteiger partial charge < -0.3 is 9.47 Å². The predicted molar refractivity (Wildman–Crippen MR) is 62.7 cm³/mol. The van der Waals surface area contributed by atoms with E-state index >= 15 is 0 Å². The highest BCUT2D eigenvalue weighted by molar-refractivity contribution is 5.72. The van der Waals surface area contributed by atoms with E-state index in [2.05, 4.69) is 4.74 Å². The van der Waals surface area contributed by atoms with E-state index in [-0.39, 0.29) is 12.4 Å². The van der Waals surface area contributed by atoms with Crippen LogP contribution in [0.15, 0.2) is 24.3 Å². The van der Waals surface area contributed by atoms with Gasteiger partial charge in [0.15, 0.2) is 0 Å². The molecule has 0 saturated heterocycles. The lowest BCUT2D eigenvalue weighted by Gasteiger charge is -2.14. The van der Waals surface area contributed by atoms with E-state index in [1.807, 2.05) is 0 Å². The van der Waals surface area contributed by atoms with Gasteiger partial charge in [0, 0.05) is 0 Å². The van der Waals surface area contributed by atoms with Crippen LogP contribution in [0, 0.1) is 5.92 Å². The molecule has 0 aliphatic carbocycles. The smallest absolute Gasteiger partial charge is 0.416 e. The van der Waals surface area contributed by atoms with Crippen LogP contribution in [-0.4, -0.2) is 19.7 Å². The molecule has 1 atom stereocenters. The molecule has 6 heteroatoms. The number of alkyl halides is 3. The Bertz CT molecular complexity index is 429. The lowest BCUT2D eigenvalue weighted by molar-refractivity contribution is -0.146. The average molecular weight is 276 g/mol. The quantitative estimate of drug-likeness (QED) is 0.774. The third kappa shape index (κ3) is 4.46. The second-order valence-electron chi connectivity index (χ2n) is 3.96. The summed E-state index contributed by atoms with van der Waals surface area (Å²) in [6.45, 7) is 1.77. The largest absolute Gasteiger partial charge is 0.493 e. The fraction of sp³-hybridized carbons (Fsp3) is 0.462. The maximum atomic E-state index is 12.5. The van der Waals surface area contributed by atoms with Crippen molar-refractivity contribution in [2.75, 3.05) is 13.7 Å². The first-order valence-corrected chi connectivity index (χ1v) is 5.76. The number of halogens is 3. The number of benzene rings is 1. The Balaban J connectivity index is 2.70. The SMILES string of the molecule is CCC(COc1cccc(C(F)(F)F)c1)C(=O)OC. The number of ether oxygens (including phenoxy) is 2. The molecule has 1 unspecified atom stereocenters. The molecule has 0 radical (unpaired) electrons. The van der Waals surface area contributed by atoms with Gasteiger partial charge in [0.1, 0.15) is 12.4 Å². The van der Waals surface area contributed by atoms with Gasteiger partial charge in [0.25, 0.3) is 0 Å². The number of hydrogen-bond acceptors (Lipinski definition) is 3. The number of rotatable bonds is 5. The number of methoxy groups -OCH3 is 1. The summed E-state index contributed by atoms with van der Waals surface area (Å²) in [5, 5.41) is 0. The molecule has 1 aromatic rings. The van der Waals surface area contributed by atoms with Gasteiger partial charge in [0.2, 0.25) is 0 Å². The maximum Gasteiger partial charge on any atom is 0.416 e. The molecule has 0 aliphatic heterocycles. The van der Waals surface area contributed by atoms with Crippen molar-refractivity contribution in [3.8, 4) is 5.75 Å². The predicted octanol–water partition coefficient (Wildman–Crippen LogP) is 3.28. The fourth-order valence-electron chi connectivity index (χ4n) is 1.48. The number of carbonyl (C=O) groups excluding carboxylic acids is 1. The van der Waals surface area contributed by atoms with Gasteiger partial charge in [0.05, 0.1) is 18.6 Å². The molecule has 1 rings (SSSR count). The fourth-order valence-corrected chi connectivity index (χ4v) is 1.48. The third-order valence-corrected chi connectivity index (χ3v) is 2.64. The van der Waals surface area contributed by atoms with Crippen molar-refractivity contribution in [2.45, 2.75) is 19.5 Å². The topological polar surface area (TPSA) is 35.5 Å². The Hall–Kier alpha value is -1.72. The molecule has 0 fully saturated rings. The summed E-state index contributed by atoms with van der Waals surface area (Å²) >= 11 is 0. The Kier molecular flexibility index (Phi) is 5.20. The van der Waals surface area contributed by atoms with Crippen molar-refractivity contribution in [3.05, 3.63) is 29.8 Å². The summed E-state index contributed by atoms with van der Waals surface area (Å²) in [4.78, 5) is 11.3. The molecule has 0 spiro atoms. The van der Waals surface area contributed by atoms with E-state index in [0.29, 0.717) is 6.42 Å². The van der Waals surface area contributed by atoms with Gasteiger partial charge in [-0.3, -0.25) is 4.79 Å². The summed E-state index contributed by atoms with van der Waals surface area (Å²) in [5.74, 6) is -0.841. The van der Waals surface area contributed by atoms with Gasteiger partial charge in [-0.25, -0.2) is 0 Å². The molecule has 106 valence electrons. The van der Waals surface area contributed by atoms with Crippen LogP contribution in [0.3, 0.4) is 0 Å². The second-order valence-corrected chi connectivity index (χ2v) is 3.96. The van der Waals surface area contributed by atoms with Crippen LogP contribution in [0.5, 0.6) is 5.75 Å². The molecular formula is C13H15F3O3. The lowest BCUT2D eigenvalue weighted by Crippen LogP contribution is -2.22. The van der Waals surface area contributed by atoms with Crippen molar-refractivity contribution >= 4 is 5.97 Å². The molecule has 0 aliphatic rings. The Morgan fingerprint density at radius 2 is 2.05 bits per heavy atom. The maximum absolute atomic E-state index is 12.5. The molecule has 0 amide bonds. The van der Waals surface area contributed by atoms with Crippen LogP contribution in [-0.2, 0) is 15.7 Å². The molecule has 0 saturated carbocycles. The van der Waals surface area contributed by atoms with E-state index in [4.69, 9.17) is 4.74 Å². The number of esters is 1. The normalized spacial score (nSPS) is 12.9. The van der Waals surface area contributed by atoms with Gasteiger partial charge in [-0.05, 0) is 24.6 Å². The van der Waals surface area contributed by atoms with Crippen LogP contribution in [0.2, 0.25) is 0 Å². The zero-order chi connectivity index (χ0) is 14.5.